The van der Waals surface area contributed by atoms with E-state index in [0.717, 1.165) is 33.6 Å². The van der Waals surface area contributed by atoms with Crippen molar-refractivity contribution in [2.24, 2.45) is 0 Å². The van der Waals surface area contributed by atoms with Crippen LogP contribution in [0.2, 0.25) is 0 Å². The number of benzene rings is 2. The van der Waals surface area contributed by atoms with Crippen molar-refractivity contribution in [2.75, 3.05) is 10.6 Å². The van der Waals surface area contributed by atoms with Crippen LogP contribution in [0.3, 0.4) is 0 Å². The summed E-state index contributed by atoms with van der Waals surface area (Å²) < 4.78 is 13.8. The van der Waals surface area contributed by atoms with E-state index < -0.39 is 10.8 Å². The molecule has 2 N–H and O–H groups in total. The van der Waals surface area contributed by atoms with Gasteiger partial charge in [-0.05, 0) is 71.1 Å². The molecule has 4 radical (unpaired) electrons. The summed E-state index contributed by atoms with van der Waals surface area (Å²) in [5.41, 5.74) is 11.0. The van der Waals surface area contributed by atoms with Crippen molar-refractivity contribution in [1.29, 1.82) is 0 Å². The summed E-state index contributed by atoms with van der Waals surface area (Å²) >= 11 is 0. The molecule has 0 aromatic heterocycles. The number of nitrogen functional groups attached to an aromatic ring is 1. The Labute approximate surface area is 146 Å². The van der Waals surface area contributed by atoms with E-state index >= 15 is 0 Å². The van der Waals surface area contributed by atoms with Gasteiger partial charge in [0.25, 0.3) is 0 Å². The van der Waals surface area contributed by atoms with Gasteiger partial charge in [-0.15, -0.1) is 0 Å². The maximum atomic E-state index is 13.8. The summed E-state index contributed by atoms with van der Waals surface area (Å²) in [5.74, 6) is -0.273. The van der Waals surface area contributed by atoms with Gasteiger partial charge < -0.3 is 10.6 Å². The number of hydrogen-bond acceptors (Lipinski definition) is 2. The molecule has 0 saturated heterocycles. The van der Waals surface area contributed by atoms with Gasteiger partial charge in [0.15, 0.2) is 0 Å². The highest BCUT2D eigenvalue weighted by molar-refractivity contribution is 6.43. The SMILES string of the molecule is [B]C1([B])N(c2cc(C)c(N)c(C)c2)Cc2ccc(F)cc2C1(C)C. The first-order valence-corrected chi connectivity index (χ1v) is 8.06. The number of nitrogens with zero attached hydrogens (tertiary/aromatic N) is 1. The Morgan fingerprint density at radius 3 is 2.25 bits per heavy atom. The summed E-state index contributed by atoms with van der Waals surface area (Å²) in [6, 6.07) is 8.84. The van der Waals surface area contributed by atoms with Gasteiger partial charge in [0.05, 0.1) is 15.7 Å². The third-order valence-electron chi connectivity index (χ3n) is 5.41. The van der Waals surface area contributed by atoms with Crippen molar-refractivity contribution in [1.82, 2.24) is 0 Å². The molecule has 0 saturated carbocycles. The zero-order valence-corrected chi connectivity index (χ0v) is 14.7. The van der Waals surface area contributed by atoms with E-state index in [1.165, 1.54) is 6.07 Å². The summed E-state index contributed by atoms with van der Waals surface area (Å²) in [6.45, 7) is 8.37. The zero-order valence-electron chi connectivity index (χ0n) is 14.7. The third-order valence-corrected chi connectivity index (χ3v) is 5.41. The van der Waals surface area contributed by atoms with Crippen molar-refractivity contribution >= 4 is 27.1 Å². The summed E-state index contributed by atoms with van der Waals surface area (Å²) in [6.07, 6.45) is 0. The zero-order chi connectivity index (χ0) is 17.9. The number of fused-ring (bicyclic) bond motifs is 1. The topological polar surface area (TPSA) is 29.3 Å². The number of nitrogens with two attached hydrogens (primary N) is 1. The van der Waals surface area contributed by atoms with Crippen LogP contribution in [0.1, 0.15) is 36.1 Å². The van der Waals surface area contributed by atoms with E-state index in [2.05, 4.69) is 0 Å². The van der Waals surface area contributed by atoms with Gasteiger partial charge in [-0.1, -0.05) is 19.9 Å². The second kappa shape index (κ2) is 5.30. The summed E-state index contributed by atoms with van der Waals surface area (Å²) in [7, 11) is 13.2. The molecule has 0 aliphatic carbocycles. The fourth-order valence-corrected chi connectivity index (χ4v) is 3.54. The molecule has 0 amide bonds. The molecule has 120 valence electrons. The van der Waals surface area contributed by atoms with Crippen molar-refractivity contribution in [3.63, 3.8) is 0 Å². The van der Waals surface area contributed by atoms with Crippen molar-refractivity contribution in [3.8, 4) is 0 Å². The molecular weight excluding hydrogens is 297 g/mol. The standard InChI is InChI=1S/C19H21B2FN2/c1-11-7-15(8-12(2)17(11)23)24-10-13-5-6-14(22)9-16(13)18(3,4)19(24,20)21/h5-9H,10,23H2,1-4H3. The maximum Gasteiger partial charge on any atom is 0.123 e. The number of aryl methyl sites for hydroxylation is 2. The fourth-order valence-electron chi connectivity index (χ4n) is 3.54. The third kappa shape index (κ3) is 2.33. The van der Waals surface area contributed by atoms with Gasteiger partial charge in [-0.25, -0.2) is 4.39 Å². The Bertz CT molecular complexity index is 792. The Balaban J connectivity index is 2.19. The first kappa shape index (κ1) is 16.9. The van der Waals surface area contributed by atoms with Gasteiger partial charge >= 0.3 is 0 Å². The van der Waals surface area contributed by atoms with Crippen molar-refractivity contribution in [2.45, 2.75) is 45.0 Å². The molecule has 2 nitrogen and oxygen atoms in total. The van der Waals surface area contributed by atoms with E-state index in [0.29, 0.717) is 6.54 Å². The van der Waals surface area contributed by atoms with E-state index in [4.69, 9.17) is 21.4 Å². The molecule has 1 aliphatic heterocycles. The molecule has 0 fully saturated rings. The smallest absolute Gasteiger partial charge is 0.123 e. The van der Waals surface area contributed by atoms with Crippen LogP contribution in [-0.4, -0.2) is 21.0 Å². The number of anilines is 2. The lowest BCUT2D eigenvalue weighted by atomic mass is 9.44. The summed E-state index contributed by atoms with van der Waals surface area (Å²) in [5, 5.41) is -1.16. The van der Waals surface area contributed by atoms with Crippen LogP contribution in [0.4, 0.5) is 15.8 Å². The minimum Gasteiger partial charge on any atom is -0.398 e. The van der Waals surface area contributed by atoms with E-state index in [1.807, 2.05) is 50.8 Å². The molecule has 1 aliphatic rings. The van der Waals surface area contributed by atoms with Crippen LogP contribution in [0, 0.1) is 19.7 Å². The lowest BCUT2D eigenvalue weighted by molar-refractivity contribution is 0.398. The van der Waals surface area contributed by atoms with Gasteiger partial charge in [-0.3, -0.25) is 0 Å². The Kier molecular flexibility index (Phi) is 3.74. The molecule has 0 atom stereocenters. The monoisotopic (exact) mass is 318 g/mol. The first-order chi connectivity index (χ1) is 11.1. The maximum absolute atomic E-state index is 13.8. The van der Waals surface area contributed by atoms with Gasteiger partial charge in [-0.2, -0.15) is 0 Å². The highest BCUT2D eigenvalue weighted by atomic mass is 19.1. The number of hydrogen-bond donors (Lipinski definition) is 1. The minimum atomic E-state index is -1.16. The van der Waals surface area contributed by atoms with Crippen LogP contribution in [0.25, 0.3) is 0 Å². The predicted octanol–water partition coefficient (Wildman–Crippen LogP) is 3.31. The molecule has 0 bridgehead atoms. The van der Waals surface area contributed by atoms with Crippen molar-refractivity contribution in [3.05, 3.63) is 58.4 Å². The minimum absolute atomic E-state index is 0.273. The van der Waals surface area contributed by atoms with E-state index in [-0.39, 0.29) is 5.82 Å². The normalized spacial score (nSPS) is 18.3. The number of rotatable bonds is 1. The quantitative estimate of drug-likeness (QED) is 0.646. The summed E-state index contributed by atoms with van der Waals surface area (Å²) in [4.78, 5) is 1.98. The average molecular weight is 318 g/mol. The van der Waals surface area contributed by atoms with Gasteiger partial charge in [0.1, 0.15) is 5.82 Å². The first-order valence-electron chi connectivity index (χ1n) is 8.06. The fraction of sp³-hybridized carbons (Fsp3) is 0.368. The van der Waals surface area contributed by atoms with E-state index in [1.54, 1.807) is 6.07 Å². The average Bonchev–Trinajstić information content (AvgIpc) is 2.49. The van der Waals surface area contributed by atoms with Crippen LogP contribution >= 0.6 is 0 Å². The molecule has 0 spiro atoms. The Morgan fingerprint density at radius 1 is 1.08 bits per heavy atom. The molecule has 3 rings (SSSR count). The Hall–Kier alpha value is -1.90. The largest absolute Gasteiger partial charge is 0.398 e. The molecule has 2 aromatic carbocycles. The van der Waals surface area contributed by atoms with Gasteiger partial charge in [0, 0.05) is 17.9 Å². The van der Waals surface area contributed by atoms with Crippen LogP contribution in [0.5, 0.6) is 0 Å². The predicted molar refractivity (Wildman–Crippen MR) is 100 cm³/mol. The number of halogens is 1. The van der Waals surface area contributed by atoms with Crippen LogP contribution < -0.4 is 10.6 Å². The lowest BCUT2D eigenvalue weighted by Crippen LogP contribution is -2.64. The molecule has 24 heavy (non-hydrogen) atoms. The van der Waals surface area contributed by atoms with Gasteiger partial charge in [0.2, 0.25) is 0 Å². The van der Waals surface area contributed by atoms with Crippen LogP contribution in [0.15, 0.2) is 30.3 Å². The van der Waals surface area contributed by atoms with Crippen molar-refractivity contribution < 1.29 is 4.39 Å². The molecule has 1 heterocycles. The second-order valence-corrected chi connectivity index (χ2v) is 7.33. The highest BCUT2D eigenvalue weighted by Crippen LogP contribution is 2.45. The second-order valence-electron chi connectivity index (χ2n) is 7.33. The van der Waals surface area contributed by atoms with Crippen LogP contribution in [-0.2, 0) is 12.0 Å². The molecular formula is C19H21B2FN2. The lowest BCUT2D eigenvalue weighted by Gasteiger charge is -2.56. The molecule has 5 heteroatoms. The Morgan fingerprint density at radius 2 is 1.67 bits per heavy atom. The molecule has 0 unspecified atom stereocenters. The highest BCUT2D eigenvalue weighted by Gasteiger charge is 2.46. The van der Waals surface area contributed by atoms with E-state index in [9.17, 15) is 4.39 Å². The molecule has 2 aromatic rings.